The average Bonchev–Trinajstić information content (AvgIpc) is 1.99. The Balaban J connectivity index is 3.46. The summed E-state index contributed by atoms with van der Waals surface area (Å²) in [5.74, 6) is -0.590. The summed E-state index contributed by atoms with van der Waals surface area (Å²) in [5, 5.41) is 0. The van der Waals surface area contributed by atoms with Crippen LogP contribution in [0.5, 0.6) is 0 Å². The number of methoxy groups -OCH3 is 1. The summed E-state index contributed by atoms with van der Waals surface area (Å²) >= 11 is 0. The first-order valence-corrected chi connectivity index (χ1v) is 3.60. The molecule has 0 aromatic heterocycles. The fourth-order valence-corrected chi connectivity index (χ4v) is 0.410. The van der Waals surface area contributed by atoms with Gasteiger partial charge in [0.1, 0.15) is 6.61 Å². The number of ether oxygens (including phenoxy) is 2. The lowest BCUT2D eigenvalue weighted by atomic mass is 10.2. The van der Waals surface area contributed by atoms with Crippen molar-refractivity contribution in [3.8, 4) is 0 Å². The van der Waals surface area contributed by atoms with Gasteiger partial charge in [-0.25, -0.2) is 0 Å². The van der Waals surface area contributed by atoms with Crippen LogP contribution in [-0.4, -0.2) is 25.8 Å². The van der Waals surface area contributed by atoms with Crippen molar-refractivity contribution in [2.24, 2.45) is 5.92 Å². The Hall–Kier alpha value is -0.570. The minimum absolute atomic E-state index is 0.0438. The lowest BCUT2D eigenvalue weighted by Crippen LogP contribution is -2.20. The molecule has 0 spiro atoms. The highest BCUT2D eigenvalue weighted by atomic mass is 16.6. The summed E-state index contributed by atoms with van der Waals surface area (Å²) in [6.07, 6.45) is -0.0438. The molecule has 0 rings (SSSR count). The molecule has 0 aliphatic rings. The van der Waals surface area contributed by atoms with Crippen molar-refractivity contribution < 1.29 is 14.3 Å². The molecular weight excluding hydrogens is 144 g/mol. The predicted octanol–water partition coefficient (Wildman–Crippen LogP) is 1.03. The Labute approximate surface area is 67.7 Å². The van der Waals surface area contributed by atoms with Gasteiger partial charge in [-0.05, 0) is 13.8 Å². The number of rotatable bonds is 4. The SMILES string of the molecule is [CH2]C(C)C(=O)OCC(C)OC. The summed E-state index contributed by atoms with van der Waals surface area (Å²) in [6.45, 7) is 7.36. The molecule has 0 amide bonds. The van der Waals surface area contributed by atoms with E-state index in [9.17, 15) is 4.79 Å². The topological polar surface area (TPSA) is 35.5 Å². The third kappa shape index (κ3) is 4.79. The molecule has 0 N–H and O–H groups in total. The van der Waals surface area contributed by atoms with Crippen molar-refractivity contribution in [1.29, 1.82) is 0 Å². The van der Waals surface area contributed by atoms with Crippen LogP contribution >= 0.6 is 0 Å². The van der Waals surface area contributed by atoms with Gasteiger partial charge in [-0.3, -0.25) is 4.79 Å². The van der Waals surface area contributed by atoms with E-state index >= 15 is 0 Å². The molecular formula is C8H15O3. The van der Waals surface area contributed by atoms with Gasteiger partial charge in [0.25, 0.3) is 0 Å². The zero-order chi connectivity index (χ0) is 8.85. The van der Waals surface area contributed by atoms with Crippen LogP contribution in [0.1, 0.15) is 13.8 Å². The van der Waals surface area contributed by atoms with Gasteiger partial charge >= 0.3 is 5.97 Å². The fourth-order valence-electron chi connectivity index (χ4n) is 0.410. The molecule has 0 aliphatic heterocycles. The van der Waals surface area contributed by atoms with Crippen LogP contribution in [0.25, 0.3) is 0 Å². The summed E-state index contributed by atoms with van der Waals surface area (Å²) in [6, 6.07) is 0. The first kappa shape index (κ1) is 10.4. The highest BCUT2D eigenvalue weighted by Gasteiger charge is 2.09. The minimum Gasteiger partial charge on any atom is -0.463 e. The quantitative estimate of drug-likeness (QED) is 0.575. The number of carbonyl (C=O) groups excluding carboxylic acids is 1. The Kier molecular flexibility index (Phi) is 4.86. The zero-order valence-electron chi connectivity index (χ0n) is 7.29. The molecule has 65 valence electrons. The molecule has 2 unspecified atom stereocenters. The van der Waals surface area contributed by atoms with E-state index in [0.29, 0.717) is 6.61 Å². The fraction of sp³-hybridized carbons (Fsp3) is 0.750. The van der Waals surface area contributed by atoms with Crippen molar-refractivity contribution in [3.05, 3.63) is 6.92 Å². The number of hydrogen-bond acceptors (Lipinski definition) is 3. The lowest BCUT2D eigenvalue weighted by molar-refractivity contribution is -0.149. The molecule has 0 saturated heterocycles. The molecule has 3 heteroatoms. The summed E-state index contributed by atoms with van der Waals surface area (Å²) < 4.78 is 9.71. The average molecular weight is 159 g/mol. The van der Waals surface area contributed by atoms with Crippen LogP contribution in [0, 0.1) is 12.8 Å². The second kappa shape index (κ2) is 5.13. The second-order valence-corrected chi connectivity index (χ2v) is 2.58. The van der Waals surface area contributed by atoms with Crippen LogP contribution in [0.4, 0.5) is 0 Å². The van der Waals surface area contributed by atoms with Crippen LogP contribution < -0.4 is 0 Å². The first-order valence-electron chi connectivity index (χ1n) is 3.60. The molecule has 1 radical (unpaired) electrons. The Bertz CT molecular complexity index is 121. The van der Waals surface area contributed by atoms with Crippen molar-refractivity contribution in [3.63, 3.8) is 0 Å². The third-order valence-electron chi connectivity index (χ3n) is 1.27. The lowest BCUT2D eigenvalue weighted by Gasteiger charge is -2.11. The van der Waals surface area contributed by atoms with E-state index in [1.54, 1.807) is 14.0 Å². The first-order chi connectivity index (χ1) is 5.07. The van der Waals surface area contributed by atoms with Crippen LogP contribution in [0.15, 0.2) is 0 Å². The van der Waals surface area contributed by atoms with Gasteiger partial charge in [-0.2, -0.15) is 0 Å². The van der Waals surface area contributed by atoms with E-state index in [1.165, 1.54) is 0 Å². The molecule has 0 aromatic rings. The molecule has 2 atom stereocenters. The summed E-state index contributed by atoms with van der Waals surface area (Å²) in [4.78, 5) is 10.8. The predicted molar refractivity (Wildman–Crippen MR) is 42.0 cm³/mol. The van der Waals surface area contributed by atoms with E-state index in [0.717, 1.165) is 0 Å². The number of carbonyl (C=O) groups is 1. The van der Waals surface area contributed by atoms with Gasteiger partial charge in [0.15, 0.2) is 0 Å². The minimum atomic E-state index is -0.306. The Morgan fingerprint density at radius 3 is 2.45 bits per heavy atom. The van der Waals surface area contributed by atoms with Gasteiger partial charge in [-0.15, -0.1) is 0 Å². The zero-order valence-corrected chi connectivity index (χ0v) is 7.29. The molecule has 3 nitrogen and oxygen atoms in total. The normalized spacial score (nSPS) is 13.2. The number of hydrogen-bond donors (Lipinski definition) is 0. The van der Waals surface area contributed by atoms with E-state index in [1.807, 2.05) is 6.92 Å². The van der Waals surface area contributed by atoms with Crippen LogP contribution in [-0.2, 0) is 14.3 Å². The van der Waals surface area contributed by atoms with E-state index in [4.69, 9.17) is 9.47 Å². The maximum atomic E-state index is 10.8. The van der Waals surface area contributed by atoms with Crippen LogP contribution in [0.2, 0.25) is 0 Å². The van der Waals surface area contributed by atoms with E-state index in [-0.39, 0.29) is 18.0 Å². The van der Waals surface area contributed by atoms with E-state index < -0.39 is 0 Å². The van der Waals surface area contributed by atoms with Gasteiger partial charge in [0.2, 0.25) is 0 Å². The second-order valence-electron chi connectivity index (χ2n) is 2.58. The summed E-state index contributed by atoms with van der Waals surface area (Å²) in [5.41, 5.74) is 0. The standard InChI is InChI=1S/C8H15O3/c1-6(2)8(9)11-5-7(3)10-4/h6-7H,1,5H2,2-4H3. The molecule has 0 saturated carbocycles. The molecule has 11 heavy (non-hydrogen) atoms. The Morgan fingerprint density at radius 2 is 2.09 bits per heavy atom. The Morgan fingerprint density at radius 1 is 1.55 bits per heavy atom. The van der Waals surface area contributed by atoms with Crippen molar-refractivity contribution >= 4 is 5.97 Å². The maximum Gasteiger partial charge on any atom is 0.308 e. The third-order valence-corrected chi connectivity index (χ3v) is 1.27. The molecule has 0 aromatic carbocycles. The molecule has 0 heterocycles. The summed E-state index contributed by atoms with van der Waals surface area (Å²) in [7, 11) is 1.58. The van der Waals surface area contributed by atoms with Gasteiger partial charge < -0.3 is 9.47 Å². The maximum absolute atomic E-state index is 10.8. The van der Waals surface area contributed by atoms with E-state index in [2.05, 4.69) is 6.92 Å². The van der Waals surface area contributed by atoms with Crippen molar-refractivity contribution in [2.45, 2.75) is 20.0 Å². The highest BCUT2D eigenvalue weighted by Crippen LogP contribution is 1.97. The number of esters is 1. The molecule has 0 bridgehead atoms. The largest absolute Gasteiger partial charge is 0.463 e. The van der Waals surface area contributed by atoms with Crippen molar-refractivity contribution in [1.82, 2.24) is 0 Å². The highest BCUT2D eigenvalue weighted by molar-refractivity contribution is 5.72. The molecule has 0 aliphatic carbocycles. The smallest absolute Gasteiger partial charge is 0.308 e. The van der Waals surface area contributed by atoms with Gasteiger partial charge in [0, 0.05) is 7.11 Å². The van der Waals surface area contributed by atoms with Gasteiger partial charge in [0.05, 0.1) is 12.0 Å². The van der Waals surface area contributed by atoms with Gasteiger partial charge in [-0.1, -0.05) is 6.92 Å². The van der Waals surface area contributed by atoms with Crippen molar-refractivity contribution in [2.75, 3.05) is 13.7 Å². The molecule has 0 fully saturated rings. The van der Waals surface area contributed by atoms with Crippen LogP contribution in [0.3, 0.4) is 0 Å². The monoisotopic (exact) mass is 159 g/mol.